The van der Waals surface area contributed by atoms with Crippen LogP contribution < -0.4 is 5.73 Å². The fraction of sp³-hybridized carbons (Fsp3) is 0.250. The maximum atomic E-state index is 13.2. The van der Waals surface area contributed by atoms with E-state index in [1.807, 2.05) is 0 Å². The van der Waals surface area contributed by atoms with Crippen molar-refractivity contribution < 1.29 is 17.6 Å². The Bertz CT molecular complexity index is 587. The van der Waals surface area contributed by atoms with Gasteiger partial charge in [0.2, 0.25) is 0 Å². The molecule has 0 bridgehead atoms. The monoisotopic (exact) mass is 273 g/mol. The molecule has 2 aromatic rings. The molecule has 0 aliphatic heterocycles. The van der Waals surface area contributed by atoms with Gasteiger partial charge in [0.25, 0.3) is 0 Å². The van der Waals surface area contributed by atoms with Gasteiger partial charge >= 0.3 is 6.18 Å². The molecular formula is C12H11F4N3. The zero-order valence-electron chi connectivity index (χ0n) is 9.95. The molecular weight excluding hydrogens is 262 g/mol. The topological polar surface area (TPSA) is 43.8 Å². The Morgan fingerprint density at radius 1 is 1.26 bits per heavy atom. The van der Waals surface area contributed by atoms with Gasteiger partial charge in [0.15, 0.2) is 5.69 Å². The molecule has 1 heterocycles. The molecule has 1 aromatic heterocycles. The Hall–Kier alpha value is -1.89. The Kier molecular flexibility index (Phi) is 3.32. The van der Waals surface area contributed by atoms with Crippen LogP contribution in [0.1, 0.15) is 24.2 Å². The molecule has 2 rings (SSSR count). The maximum Gasteiger partial charge on any atom is 0.435 e. The van der Waals surface area contributed by atoms with Crippen LogP contribution in [0.3, 0.4) is 0 Å². The van der Waals surface area contributed by atoms with E-state index in [4.69, 9.17) is 5.73 Å². The van der Waals surface area contributed by atoms with Crippen LogP contribution in [0.2, 0.25) is 0 Å². The highest BCUT2D eigenvalue weighted by Gasteiger charge is 2.33. The molecule has 0 amide bonds. The summed E-state index contributed by atoms with van der Waals surface area (Å²) in [5.74, 6) is -0.501. The minimum absolute atomic E-state index is 0.326. The van der Waals surface area contributed by atoms with Crippen molar-refractivity contribution in [3.05, 3.63) is 47.5 Å². The zero-order valence-corrected chi connectivity index (χ0v) is 9.95. The third-order valence-corrected chi connectivity index (χ3v) is 2.61. The summed E-state index contributed by atoms with van der Waals surface area (Å²) < 4.78 is 51.6. The van der Waals surface area contributed by atoms with Gasteiger partial charge in [0.05, 0.1) is 5.69 Å². The summed E-state index contributed by atoms with van der Waals surface area (Å²) in [6.07, 6.45) is -3.35. The van der Waals surface area contributed by atoms with Crippen LogP contribution >= 0.6 is 0 Å². The van der Waals surface area contributed by atoms with Crippen molar-refractivity contribution in [2.45, 2.75) is 19.1 Å². The molecule has 3 nitrogen and oxygen atoms in total. The molecule has 1 aromatic carbocycles. The highest BCUT2D eigenvalue weighted by atomic mass is 19.4. The Labute approximate surface area is 106 Å². The van der Waals surface area contributed by atoms with Gasteiger partial charge < -0.3 is 5.73 Å². The van der Waals surface area contributed by atoms with Crippen LogP contribution in [0.25, 0.3) is 5.69 Å². The van der Waals surface area contributed by atoms with Gasteiger partial charge in [-0.2, -0.15) is 18.3 Å². The third kappa shape index (κ3) is 2.76. The summed E-state index contributed by atoms with van der Waals surface area (Å²) in [5.41, 5.74) is 5.39. The molecule has 0 spiro atoms. The van der Waals surface area contributed by atoms with Gasteiger partial charge in [0.1, 0.15) is 5.82 Å². The van der Waals surface area contributed by atoms with E-state index in [0.717, 1.165) is 16.8 Å². The van der Waals surface area contributed by atoms with E-state index >= 15 is 0 Å². The summed E-state index contributed by atoms with van der Waals surface area (Å²) in [6.45, 7) is 1.62. The first-order chi connectivity index (χ1) is 8.79. The molecule has 0 aliphatic rings. The summed E-state index contributed by atoms with van der Waals surface area (Å²) in [7, 11) is 0. The van der Waals surface area contributed by atoms with E-state index in [-0.39, 0.29) is 0 Å². The lowest BCUT2D eigenvalue weighted by Crippen LogP contribution is -2.12. The van der Waals surface area contributed by atoms with E-state index in [2.05, 4.69) is 5.10 Å². The average Bonchev–Trinajstić information content (AvgIpc) is 2.77. The summed E-state index contributed by atoms with van der Waals surface area (Å²) in [5, 5.41) is 3.44. The Balaban J connectivity index is 2.50. The predicted octanol–water partition coefficient (Wildman–Crippen LogP) is 3.05. The number of benzene rings is 1. The lowest BCUT2D eigenvalue weighted by atomic mass is 10.1. The van der Waals surface area contributed by atoms with Crippen molar-refractivity contribution in [3.63, 3.8) is 0 Å². The summed E-state index contributed by atoms with van der Waals surface area (Å²) in [4.78, 5) is 0. The maximum absolute atomic E-state index is 13.2. The van der Waals surface area contributed by atoms with Crippen molar-refractivity contribution in [1.82, 2.24) is 9.78 Å². The second kappa shape index (κ2) is 4.65. The molecule has 0 unspecified atom stereocenters. The minimum atomic E-state index is -4.51. The summed E-state index contributed by atoms with van der Waals surface area (Å²) in [6, 6.07) is 4.02. The van der Waals surface area contributed by atoms with Gasteiger partial charge in [-0.3, -0.25) is 0 Å². The van der Waals surface area contributed by atoms with Gasteiger partial charge in [-0.25, -0.2) is 9.07 Å². The molecule has 102 valence electrons. The second-order valence-electron chi connectivity index (χ2n) is 4.14. The number of hydrogen-bond donors (Lipinski definition) is 1. The van der Waals surface area contributed by atoms with E-state index in [1.165, 1.54) is 18.3 Å². The minimum Gasteiger partial charge on any atom is -0.324 e. The van der Waals surface area contributed by atoms with Crippen molar-refractivity contribution in [2.75, 3.05) is 0 Å². The number of aromatic nitrogens is 2. The smallest absolute Gasteiger partial charge is 0.324 e. The number of nitrogens with zero attached hydrogens (tertiary/aromatic N) is 2. The molecule has 0 radical (unpaired) electrons. The van der Waals surface area contributed by atoms with Crippen LogP contribution in [-0.2, 0) is 6.18 Å². The third-order valence-electron chi connectivity index (χ3n) is 2.61. The molecule has 0 saturated carbocycles. The second-order valence-corrected chi connectivity index (χ2v) is 4.14. The fourth-order valence-electron chi connectivity index (χ4n) is 1.71. The molecule has 0 fully saturated rings. The van der Waals surface area contributed by atoms with Crippen molar-refractivity contribution in [3.8, 4) is 5.69 Å². The quantitative estimate of drug-likeness (QED) is 0.855. The van der Waals surface area contributed by atoms with Crippen LogP contribution in [0.15, 0.2) is 30.5 Å². The lowest BCUT2D eigenvalue weighted by molar-refractivity contribution is -0.141. The first-order valence-electron chi connectivity index (χ1n) is 5.47. The highest BCUT2D eigenvalue weighted by Crippen LogP contribution is 2.29. The number of halogens is 4. The van der Waals surface area contributed by atoms with Crippen LogP contribution in [0.4, 0.5) is 17.6 Å². The van der Waals surface area contributed by atoms with Crippen molar-refractivity contribution >= 4 is 0 Å². The Morgan fingerprint density at radius 3 is 2.47 bits per heavy atom. The average molecular weight is 273 g/mol. The van der Waals surface area contributed by atoms with Crippen LogP contribution in [-0.4, -0.2) is 9.78 Å². The number of hydrogen-bond acceptors (Lipinski definition) is 2. The first kappa shape index (κ1) is 13.5. The first-order valence-corrected chi connectivity index (χ1v) is 5.47. The molecule has 2 N–H and O–H groups in total. The normalized spacial score (nSPS) is 13.6. The van der Waals surface area contributed by atoms with Gasteiger partial charge in [-0.1, -0.05) is 0 Å². The zero-order chi connectivity index (χ0) is 14.2. The fourth-order valence-corrected chi connectivity index (χ4v) is 1.71. The SMILES string of the molecule is C[C@@H](N)c1cc(F)ccc1-n1ccc(C(F)(F)F)n1. The van der Waals surface area contributed by atoms with Crippen molar-refractivity contribution in [1.29, 1.82) is 0 Å². The van der Waals surface area contributed by atoms with Crippen LogP contribution in [0.5, 0.6) is 0 Å². The van der Waals surface area contributed by atoms with Gasteiger partial charge in [0, 0.05) is 12.2 Å². The van der Waals surface area contributed by atoms with E-state index < -0.39 is 23.7 Å². The highest BCUT2D eigenvalue weighted by molar-refractivity contribution is 5.42. The predicted molar refractivity (Wildman–Crippen MR) is 61.1 cm³/mol. The molecule has 0 aliphatic carbocycles. The number of alkyl halides is 3. The van der Waals surface area contributed by atoms with Crippen molar-refractivity contribution in [2.24, 2.45) is 5.73 Å². The standard InChI is InChI=1S/C12H11F4N3/c1-7(17)9-6-8(13)2-3-10(9)19-5-4-11(18-19)12(14,15)16/h2-7H,17H2,1H3/t7-/m1/s1. The number of nitrogens with two attached hydrogens (primary N) is 1. The lowest BCUT2D eigenvalue weighted by Gasteiger charge is -2.12. The molecule has 7 heteroatoms. The Morgan fingerprint density at radius 2 is 1.95 bits per heavy atom. The van der Waals surface area contributed by atoms with Gasteiger partial charge in [-0.05, 0) is 36.8 Å². The molecule has 1 atom stereocenters. The largest absolute Gasteiger partial charge is 0.435 e. The number of rotatable bonds is 2. The molecule has 0 saturated heterocycles. The van der Waals surface area contributed by atoms with E-state index in [0.29, 0.717) is 11.3 Å². The van der Waals surface area contributed by atoms with Crippen LogP contribution in [0, 0.1) is 5.82 Å². The summed E-state index contributed by atoms with van der Waals surface area (Å²) >= 11 is 0. The molecule has 19 heavy (non-hydrogen) atoms. The van der Waals surface area contributed by atoms with E-state index in [9.17, 15) is 17.6 Å². The van der Waals surface area contributed by atoms with Gasteiger partial charge in [-0.15, -0.1) is 0 Å². The van der Waals surface area contributed by atoms with E-state index in [1.54, 1.807) is 6.92 Å².